The van der Waals surface area contributed by atoms with Gasteiger partial charge in [-0.3, -0.25) is 15.2 Å². The molecule has 0 spiro atoms. The van der Waals surface area contributed by atoms with Crippen LogP contribution in [0.15, 0.2) is 41.1 Å². The van der Waals surface area contributed by atoms with Crippen LogP contribution in [0.25, 0.3) is 0 Å². The normalized spacial score (nSPS) is 14.1. The lowest BCUT2D eigenvalue weighted by Crippen LogP contribution is -2.66. The summed E-state index contributed by atoms with van der Waals surface area (Å²) >= 11 is 0. The molecule has 0 bridgehead atoms. The summed E-state index contributed by atoms with van der Waals surface area (Å²) in [5.41, 5.74) is 0.927. The summed E-state index contributed by atoms with van der Waals surface area (Å²) in [4.78, 5) is 16.2. The van der Waals surface area contributed by atoms with Crippen LogP contribution in [0, 0.1) is 5.41 Å². The van der Waals surface area contributed by atoms with Gasteiger partial charge in [0.05, 0.1) is 0 Å². The highest BCUT2D eigenvalue weighted by Gasteiger charge is 2.17. The maximum atomic E-state index is 12.0. The van der Waals surface area contributed by atoms with Crippen LogP contribution < -0.4 is 20.6 Å². The van der Waals surface area contributed by atoms with Crippen LogP contribution >= 0.6 is 24.8 Å². The van der Waals surface area contributed by atoms with Crippen molar-refractivity contribution in [3.63, 3.8) is 0 Å². The van der Waals surface area contributed by atoms with E-state index in [4.69, 9.17) is 9.93 Å². The summed E-state index contributed by atoms with van der Waals surface area (Å²) in [7, 11) is 0. The van der Waals surface area contributed by atoms with Crippen LogP contribution in [-0.4, -0.2) is 43.4 Å². The van der Waals surface area contributed by atoms with Gasteiger partial charge in [0.25, 0.3) is 11.8 Å². The average Bonchev–Trinajstić information content (AvgIpc) is 3.17. The van der Waals surface area contributed by atoms with Crippen LogP contribution in [0.1, 0.15) is 55.3 Å². The van der Waals surface area contributed by atoms with E-state index >= 15 is 0 Å². The molecule has 9 heteroatoms. The van der Waals surface area contributed by atoms with Crippen molar-refractivity contribution < 1.29 is 14.1 Å². The van der Waals surface area contributed by atoms with Crippen molar-refractivity contribution in [2.45, 2.75) is 44.9 Å². The molecule has 3 rings (SSSR count). The quantitative estimate of drug-likeness (QED) is 0.318. The molecule has 1 fully saturated rings. The number of aromatic nitrogens is 2. The number of halogens is 2. The molecular weight excluding hydrogens is 425 g/mol. The van der Waals surface area contributed by atoms with Gasteiger partial charge in [-0.15, -0.1) is 24.8 Å². The predicted molar refractivity (Wildman–Crippen MR) is 120 cm³/mol. The number of Topliss-reactive ketones (excluding diaryl/α,β-unsaturated/α-hetero) is 1. The molecule has 1 N–H and O–H groups in total. The fourth-order valence-electron chi connectivity index (χ4n) is 3.63. The van der Waals surface area contributed by atoms with Gasteiger partial charge in [-0.25, -0.2) is 0 Å². The molecule has 2 heterocycles. The molecule has 0 amide bonds. The SMILES string of the molecule is Cl.Cl.N=c1c[n+](N2CCN(CCCCCCCCC(=O)c3ccccc3)CC2)[n-]o1. The molecule has 7 nitrogen and oxygen atoms in total. The van der Waals surface area contributed by atoms with Gasteiger partial charge in [-0.2, -0.15) is 0 Å². The van der Waals surface area contributed by atoms with Crippen LogP contribution in [0.4, 0.5) is 0 Å². The Bertz CT molecular complexity index is 773. The molecule has 0 saturated carbocycles. The summed E-state index contributed by atoms with van der Waals surface area (Å²) in [5.74, 6) is 0.266. The van der Waals surface area contributed by atoms with Crippen LogP contribution in [-0.2, 0) is 0 Å². The maximum Gasteiger partial charge on any atom is 0.286 e. The molecule has 0 unspecified atom stereocenters. The lowest BCUT2D eigenvalue weighted by molar-refractivity contribution is -0.764. The Hall–Kier alpha value is -1.83. The fourth-order valence-corrected chi connectivity index (χ4v) is 3.63. The molecule has 30 heavy (non-hydrogen) atoms. The minimum atomic E-state index is 0. The molecule has 1 aliphatic rings. The number of ketones is 1. The minimum absolute atomic E-state index is 0. The summed E-state index contributed by atoms with van der Waals surface area (Å²) in [6, 6.07) is 9.60. The van der Waals surface area contributed by atoms with Crippen molar-refractivity contribution in [2.75, 3.05) is 37.7 Å². The first kappa shape index (κ1) is 26.2. The van der Waals surface area contributed by atoms with Gasteiger partial charge in [0.2, 0.25) is 0 Å². The lowest BCUT2D eigenvalue weighted by Gasteiger charge is -2.35. The summed E-state index contributed by atoms with van der Waals surface area (Å²) in [5, 5.41) is 13.4. The van der Waals surface area contributed by atoms with E-state index in [0.29, 0.717) is 6.42 Å². The zero-order valence-electron chi connectivity index (χ0n) is 17.4. The van der Waals surface area contributed by atoms with Crippen LogP contribution in [0.5, 0.6) is 0 Å². The number of benzene rings is 1. The Balaban J connectivity index is 0.00000225. The number of hydrogen-bond acceptors (Lipinski definition) is 5. The van der Waals surface area contributed by atoms with E-state index in [1.807, 2.05) is 30.3 Å². The Labute approximate surface area is 190 Å². The van der Waals surface area contributed by atoms with Crippen LogP contribution in [0.2, 0.25) is 0 Å². The third kappa shape index (κ3) is 8.50. The van der Waals surface area contributed by atoms with Gasteiger partial charge in [0.1, 0.15) is 0 Å². The van der Waals surface area contributed by atoms with Gasteiger partial charge in [0.15, 0.2) is 5.78 Å². The molecule has 1 saturated heterocycles. The standard InChI is InChI=1S/C21H31N5O2.2ClH/c22-21-18-26(23-28-21)25-16-14-24(15-17-25)13-9-4-2-1-3-8-12-20(27)19-10-6-5-7-11-19;;/h5-7,10-11,18,22H,1-4,8-9,12-17H2;2*1H. The second-order valence-corrected chi connectivity index (χ2v) is 7.44. The molecule has 1 aromatic heterocycles. The topological polar surface area (TPSA) is 78.5 Å². The van der Waals surface area contributed by atoms with Crippen molar-refractivity contribution in [1.29, 1.82) is 5.41 Å². The molecule has 168 valence electrons. The van der Waals surface area contributed by atoms with Gasteiger partial charge in [-0.1, -0.05) is 60.8 Å². The van der Waals surface area contributed by atoms with E-state index in [-0.39, 0.29) is 36.2 Å². The molecule has 0 radical (unpaired) electrons. The van der Waals surface area contributed by atoms with Crippen molar-refractivity contribution >= 4 is 30.6 Å². The summed E-state index contributed by atoms with van der Waals surface area (Å²) in [6.07, 6.45) is 9.36. The van der Waals surface area contributed by atoms with Crippen LogP contribution in [0.3, 0.4) is 0 Å². The Morgan fingerprint density at radius 1 is 0.967 bits per heavy atom. The van der Waals surface area contributed by atoms with Gasteiger partial charge in [0, 0.05) is 38.2 Å². The molecule has 0 atom stereocenters. The Morgan fingerprint density at radius 3 is 2.23 bits per heavy atom. The first-order valence-electron chi connectivity index (χ1n) is 10.4. The Morgan fingerprint density at radius 2 is 1.60 bits per heavy atom. The van der Waals surface area contributed by atoms with E-state index in [1.165, 1.54) is 25.7 Å². The lowest BCUT2D eigenvalue weighted by atomic mass is 10.0. The number of rotatable bonds is 11. The molecule has 0 aliphatic carbocycles. The van der Waals surface area contributed by atoms with Crippen molar-refractivity contribution in [3.05, 3.63) is 47.6 Å². The van der Waals surface area contributed by atoms with E-state index in [9.17, 15) is 4.79 Å². The van der Waals surface area contributed by atoms with E-state index < -0.39 is 0 Å². The zero-order chi connectivity index (χ0) is 19.6. The number of piperazine rings is 1. The predicted octanol–water partition coefficient (Wildman–Crippen LogP) is 2.71. The number of carbonyl (C=O) groups is 1. The second kappa shape index (κ2) is 14.2. The molecular formula is C21H33Cl2N5O2. The van der Waals surface area contributed by atoms with Crippen molar-refractivity contribution in [2.24, 2.45) is 0 Å². The first-order chi connectivity index (χ1) is 13.7. The van der Waals surface area contributed by atoms with E-state index in [1.54, 1.807) is 11.0 Å². The number of carbonyl (C=O) groups excluding carboxylic acids is 1. The summed E-state index contributed by atoms with van der Waals surface area (Å²) < 4.78 is 4.81. The minimum Gasteiger partial charge on any atom is -0.380 e. The number of nitrogens with one attached hydrogen (secondary N) is 1. The number of nitrogens with zero attached hydrogens (tertiary/aromatic N) is 4. The molecule has 1 aromatic carbocycles. The monoisotopic (exact) mass is 457 g/mol. The largest absolute Gasteiger partial charge is 0.380 e. The Kier molecular flexibility index (Phi) is 12.4. The fraction of sp³-hybridized carbons (Fsp3) is 0.571. The molecule has 1 aliphatic heterocycles. The smallest absolute Gasteiger partial charge is 0.286 e. The highest BCUT2D eigenvalue weighted by atomic mass is 35.5. The first-order valence-corrected chi connectivity index (χ1v) is 10.4. The third-order valence-corrected chi connectivity index (χ3v) is 5.32. The number of unbranched alkanes of at least 4 members (excludes halogenated alkanes) is 5. The third-order valence-electron chi connectivity index (χ3n) is 5.32. The average molecular weight is 458 g/mol. The van der Waals surface area contributed by atoms with Gasteiger partial charge >= 0.3 is 0 Å². The zero-order valence-corrected chi connectivity index (χ0v) is 19.0. The van der Waals surface area contributed by atoms with Gasteiger partial charge < -0.3 is 9.42 Å². The molecule has 2 aromatic rings. The summed E-state index contributed by atoms with van der Waals surface area (Å²) in [6.45, 7) is 5.01. The maximum absolute atomic E-state index is 12.0. The number of hydrogen-bond donors (Lipinski definition) is 1. The van der Waals surface area contributed by atoms with Crippen molar-refractivity contribution in [3.8, 4) is 0 Å². The second-order valence-electron chi connectivity index (χ2n) is 7.44. The van der Waals surface area contributed by atoms with E-state index in [2.05, 4.69) is 15.2 Å². The highest BCUT2D eigenvalue weighted by Crippen LogP contribution is 2.11. The van der Waals surface area contributed by atoms with Gasteiger partial charge in [-0.05, 0) is 24.7 Å². The van der Waals surface area contributed by atoms with E-state index in [0.717, 1.165) is 51.1 Å². The van der Waals surface area contributed by atoms with Crippen molar-refractivity contribution in [1.82, 2.24) is 10.2 Å². The highest BCUT2D eigenvalue weighted by molar-refractivity contribution is 5.95.